The number of aromatic nitrogens is 2. The van der Waals surface area contributed by atoms with Crippen LogP contribution < -0.4 is 10.1 Å². The van der Waals surface area contributed by atoms with Crippen LogP contribution in [0.25, 0.3) is 10.9 Å². The number of anilines is 1. The summed E-state index contributed by atoms with van der Waals surface area (Å²) in [6, 6.07) is 12.3. The molecule has 1 saturated heterocycles. The molecule has 222 valence electrons. The van der Waals surface area contributed by atoms with Gasteiger partial charge in [0.1, 0.15) is 23.8 Å². The summed E-state index contributed by atoms with van der Waals surface area (Å²) in [5.74, 6) is -2.41. The number of hydrogen-bond donors (Lipinski definition) is 2. The largest absolute Gasteiger partial charge is 0.476 e. The van der Waals surface area contributed by atoms with Crippen molar-refractivity contribution < 1.29 is 27.8 Å². The fourth-order valence-electron chi connectivity index (χ4n) is 6.72. The lowest BCUT2D eigenvalue weighted by Gasteiger charge is -2.40. The number of rotatable bonds is 7. The van der Waals surface area contributed by atoms with Crippen molar-refractivity contribution in [1.82, 2.24) is 15.1 Å². The van der Waals surface area contributed by atoms with Gasteiger partial charge in [-0.15, -0.1) is 0 Å². The normalized spacial score (nSPS) is 23.1. The number of carbonyl (C=O) groups excluding carboxylic acids is 2. The molecule has 0 unspecified atom stereocenters. The number of hydrogen-bond acceptors (Lipinski definition) is 6. The zero-order valence-electron chi connectivity index (χ0n) is 22.9. The van der Waals surface area contributed by atoms with Crippen LogP contribution in [0.3, 0.4) is 0 Å². The van der Waals surface area contributed by atoms with Crippen LogP contribution in [0.5, 0.6) is 5.88 Å². The minimum atomic E-state index is -1.24. The van der Waals surface area contributed by atoms with Crippen LogP contribution in [-0.4, -0.2) is 53.3 Å². The van der Waals surface area contributed by atoms with Gasteiger partial charge in [0.25, 0.3) is 0 Å². The zero-order valence-corrected chi connectivity index (χ0v) is 24.4. The molecule has 3 aliphatic rings. The van der Waals surface area contributed by atoms with Gasteiger partial charge in [-0.1, -0.05) is 41.4 Å². The van der Waals surface area contributed by atoms with E-state index in [0.29, 0.717) is 46.1 Å². The van der Waals surface area contributed by atoms with Crippen LogP contribution >= 0.6 is 23.2 Å². The molecule has 1 spiro atoms. The number of ether oxygens (including phenoxy) is 2. The fraction of sp³-hybridized carbons (Fsp3) is 0.323. The van der Waals surface area contributed by atoms with E-state index >= 15 is 4.39 Å². The van der Waals surface area contributed by atoms with E-state index in [9.17, 15) is 14.0 Å². The van der Waals surface area contributed by atoms with Gasteiger partial charge in [-0.05, 0) is 61.1 Å². The van der Waals surface area contributed by atoms with Crippen molar-refractivity contribution in [3.8, 4) is 5.88 Å². The highest BCUT2D eigenvalue weighted by atomic mass is 35.5. The van der Waals surface area contributed by atoms with Gasteiger partial charge in [-0.25, -0.2) is 18.7 Å². The molecule has 0 radical (unpaired) electrons. The number of benzene rings is 3. The number of nitrogens with zero attached hydrogens (tertiary/aromatic N) is 2. The molecular formula is C31H26Cl2F2N4O4. The maximum atomic E-state index is 15.7. The number of amides is 1. The maximum Gasteiger partial charge on any atom is 0.340 e. The molecule has 1 aliphatic carbocycles. The van der Waals surface area contributed by atoms with E-state index in [0.717, 1.165) is 18.4 Å². The van der Waals surface area contributed by atoms with E-state index in [1.54, 1.807) is 24.3 Å². The van der Waals surface area contributed by atoms with Gasteiger partial charge in [0.2, 0.25) is 11.8 Å². The van der Waals surface area contributed by atoms with Crippen LogP contribution in [0.1, 0.15) is 46.7 Å². The van der Waals surface area contributed by atoms with E-state index in [1.165, 1.54) is 25.3 Å². The van der Waals surface area contributed by atoms with Gasteiger partial charge in [0.05, 0.1) is 28.6 Å². The summed E-state index contributed by atoms with van der Waals surface area (Å²) in [6.07, 6.45) is 2.43. The van der Waals surface area contributed by atoms with E-state index < -0.39 is 29.1 Å². The van der Waals surface area contributed by atoms with Crippen LogP contribution in [0, 0.1) is 17.6 Å². The molecular weight excluding hydrogens is 601 g/mol. The van der Waals surface area contributed by atoms with Crippen molar-refractivity contribution in [2.75, 3.05) is 25.6 Å². The number of aromatic amines is 1. The van der Waals surface area contributed by atoms with Gasteiger partial charge in [-0.3, -0.25) is 9.69 Å². The second-order valence-corrected chi connectivity index (χ2v) is 12.1. The van der Waals surface area contributed by atoms with E-state index in [4.69, 9.17) is 27.9 Å². The molecule has 2 N–H and O–H groups in total. The zero-order chi connectivity index (χ0) is 30.0. The predicted molar refractivity (Wildman–Crippen MR) is 157 cm³/mol. The molecule has 0 bridgehead atoms. The monoisotopic (exact) mass is 626 g/mol. The first-order valence-corrected chi connectivity index (χ1v) is 14.7. The van der Waals surface area contributed by atoms with Gasteiger partial charge in [0, 0.05) is 34.8 Å². The van der Waals surface area contributed by atoms with Crippen molar-refractivity contribution in [3.05, 3.63) is 86.9 Å². The van der Waals surface area contributed by atoms with Crippen LogP contribution in [0.15, 0.2) is 48.5 Å². The first-order chi connectivity index (χ1) is 20.7. The Labute approximate surface area is 255 Å². The van der Waals surface area contributed by atoms with Gasteiger partial charge in [0.15, 0.2) is 0 Å². The van der Waals surface area contributed by atoms with Crippen molar-refractivity contribution in [2.45, 2.75) is 36.8 Å². The number of halogens is 4. The van der Waals surface area contributed by atoms with E-state index in [-0.39, 0.29) is 35.0 Å². The molecule has 8 nitrogen and oxygen atoms in total. The lowest BCUT2D eigenvalue weighted by molar-refractivity contribution is -0.128. The Bertz CT molecular complexity index is 1800. The quantitative estimate of drug-likeness (QED) is 0.230. The summed E-state index contributed by atoms with van der Waals surface area (Å²) >= 11 is 12.5. The lowest BCUT2D eigenvalue weighted by atomic mass is 9.75. The van der Waals surface area contributed by atoms with Crippen molar-refractivity contribution in [1.29, 1.82) is 0 Å². The average molecular weight is 627 g/mol. The SMILES string of the molecule is COC(=O)c1cc2n[nH]c(OC[C@H]3C[C@H](c4cccc(Cl)c4F)[C@]4(C(=O)Nc5cc(Cl)ccc54)N3CC3CC3)c2cc1F. The van der Waals surface area contributed by atoms with Crippen molar-refractivity contribution in [2.24, 2.45) is 5.92 Å². The summed E-state index contributed by atoms with van der Waals surface area (Å²) in [7, 11) is 1.17. The Morgan fingerprint density at radius 2 is 1.98 bits per heavy atom. The number of carbonyl (C=O) groups is 2. The first kappa shape index (κ1) is 28.1. The highest BCUT2D eigenvalue weighted by molar-refractivity contribution is 6.31. The van der Waals surface area contributed by atoms with Gasteiger partial charge in [-0.2, -0.15) is 5.10 Å². The van der Waals surface area contributed by atoms with Crippen molar-refractivity contribution >= 4 is 51.7 Å². The molecule has 1 amide bonds. The molecule has 43 heavy (non-hydrogen) atoms. The third-order valence-corrected chi connectivity index (χ3v) is 9.36. The van der Waals surface area contributed by atoms with Crippen molar-refractivity contribution in [3.63, 3.8) is 0 Å². The number of methoxy groups -OCH3 is 1. The molecule has 7 rings (SSSR count). The molecule has 12 heteroatoms. The Morgan fingerprint density at radius 1 is 1.16 bits per heavy atom. The maximum absolute atomic E-state index is 15.7. The molecule has 1 saturated carbocycles. The second-order valence-electron chi connectivity index (χ2n) is 11.3. The molecule has 2 fully saturated rings. The van der Waals surface area contributed by atoms with E-state index in [1.807, 2.05) is 6.07 Å². The van der Waals surface area contributed by atoms with Gasteiger partial charge >= 0.3 is 5.97 Å². The predicted octanol–water partition coefficient (Wildman–Crippen LogP) is 6.43. The summed E-state index contributed by atoms with van der Waals surface area (Å²) in [6.45, 7) is 0.698. The second kappa shape index (κ2) is 10.5. The van der Waals surface area contributed by atoms with E-state index in [2.05, 4.69) is 25.2 Å². The standard InChI is InChI=1S/C31H26Cl2F2N4O4/c1-42-29(40)19-12-25-20(11-24(19)34)28(38-37-25)43-14-17-10-22(18-3-2-4-23(33)27(18)35)31(39(17)13-15-5-6-15)21-8-7-16(32)9-26(21)36-30(31)41/h2-4,7-9,11-12,15,17,22H,5-6,10,13-14H2,1H3,(H,36,41)(H,37,38)/t17-,22-,31-/m1/s1. The average Bonchev–Trinajstić information content (AvgIpc) is 3.55. The smallest absolute Gasteiger partial charge is 0.340 e. The third-order valence-electron chi connectivity index (χ3n) is 8.83. The number of likely N-dealkylation sites (tertiary alicyclic amines) is 1. The van der Waals surface area contributed by atoms with Crippen LogP contribution in [-0.2, 0) is 15.1 Å². The molecule has 3 atom stereocenters. The summed E-state index contributed by atoms with van der Waals surface area (Å²) < 4.78 is 41.4. The summed E-state index contributed by atoms with van der Waals surface area (Å²) in [4.78, 5) is 28.3. The van der Waals surface area contributed by atoms with Gasteiger partial charge < -0.3 is 14.8 Å². The minimum Gasteiger partial charge on any atom is -0.476 e. The number of fused-ring (bicyclic) bond motifs is 3. The topological polar surface area (TPSA) is 96.5 Å². The Balaban J connectivity index is 1.30. The molecule has 4 aromatic rings. The highest BCUT2D eigenvalue weighted by Gasteiger charge is 2.64. The Kier molecular flexibility index (Phi) is 6.83. The number of H-pyrrole nitrogens is 1. The third kappa shape index (κ3) is 4.46. The Morgan fingerprint density at radius 3 is 2.74 bits per heavy atom. The number of esters is 1. The van der Waals surface area contributed by atoms with Crippen LogP contribution in [0.2, 0.25) is 10.0 Å². The molecule has 3 aromatic carbocycles. The Hall–Kier alpha value is -3.73. The minimum absolute atomic E-state index is 0.0203. The van der Waals surface area contributed by atoms with Crippen LogP contribution in [0.4, 0.5) is 14.5 Å². The summed E-state index contributed by atoms with van der Waals surface area (Å²) in [5, 5.41) is 10.8. The highest BCUT2D eigenvalue weighted by Crippen LogP contribution is 2.58. The summed E-state index contributed by atoms with van der Waals surface area (Å²) in [5.41, 5.74) is 0.508. The first-order valence-electron chi connectivity index (χ1n) is 13.9. The lowest BCUT2D eigenvalue weighted by Crippen LogP contribution is -2.53. The fourth-order valence-corrected chi connectivity index (χ4v) is 7.07. The number of nitrogens with one attached hydrogen (secondary N) is 2. The molecule has 1 aromatic heterocycles. The molecule has 3 heterocycles. The molecule has 2 aliphatic heterocycles.